The molecule has 3 nitrogen and oxygen atoms in total. The third-order valence-electron chi connectivity index (χ3n) is 5.12. The molecule has 0 amide bonds. The molecule has 3 heteroatoms. The fraction of sp³-hybridized carbons (Fsp3) is 0.680. The number of rotatable bonds is 10. The highest BCUT2D eigenvalue weighted by atomic mass is 16.5. The summed E-state index contributed by atoms with van der Waals surface area (Å²) in [5.41, 5.74) is 3.85. The topological polar surface area (TPSA) is 43.4 Å². The van der Waals surface area contributed by atoms with Crippen LogP contribution in [0.5, 0.6) is 0 Å². The first kappa shape index (κ1) is 24.4. The summed E-state index contributed by atoms with van der Waals surface area (Å²) in [5, 5.41) is 0. The molecule has 0 aliphatic heterocycles. The van der Waals surface area contributed by atoms with Gasteiger partial charge in [0.1, 0.15) is 5.92 Å². The van der Waals surface area contributed by atoms with Crippen LogP contribution in [-0.2, 0) is 9.53 Å². The Morgan fingerprint density at radius 3 is 2.11 bits per heavy atom. The van der Waals surface area contributed by atoms with E-state index >= 15 is 0 Å². The number of carbonyl (C=O) groups is 2. The molecule has 0 fully saturated rings. The van der Waals surface area contributed by atoms with E-state index in [1.807, 2.05) is 32.9 Å². The van der Waals surface area contributed by atoms with Gasteiger partial charge in [-0.15, -0.1) is 0 Å². The molecular formula is C25H40O3. The number of unbranched alkanes of at least 4 members (excludes halogenated alkanes) is 2. The largest absolute Gasteiger partial charge is 0.465 e. The Kier molecular flexibility index (Phi) is 9.39. The number of Topliss-reactive ketones (excluding diaryl/α,β-unsaturated/α-hetero) is 1. The lowest BCUT2D eigenvalue weighted by atomic mass is 9.79. The molecular weight excluding hydrogens is 348 g/mol. The molecule has 0 spiro atoms. The maximum absolute atomic E-state index is 13.4. The molecule has 0 saturated heterocycles. The van der Waals surface area contributed by atoms with Crippen molar-refractivity contribution >= 4 is 11.8 Å². The summed E-state index contributed by atoms with van der Waals surface area (Å²) < 4.78 is 5.52. The van der Waals surface area contributed by atoms with Gasteiger partial charge >= 0.3 is 5.97 Å². The molecule has 0 heterocycles. The molecule has 0 saturated carbocycles. The van der Waals surface area contributed by atoms with Crippen LogP contribution in [-0.4, -0.2) is 18.4 Å². The van der Waals surface area contributed by atoms with E-state index in [2.05, 4.69) is 34.6 Å². The third kappa shape index (κ3) is 7.77. The zero-order valence-electron chi connectivity index (χ0n) is 19.3. The van der Waals surface area contributed by atoms with Crippen LogP contribution in [0.1, 0.15) is 93.8 Å². The molecule has 1 aromatic rings. The lowest BCUT2D eigenvalue weighted by Gasteiger charge is -2.26. The van der Waals surface area contributed by atoms with Crippen molar-refractivity contribution < 1.29 is 14.3 Å². The standard InChI is InChI=1S/C25H40O3/c1-9-10-11-12-28-24(27)21(15-18(3)16-25(6,7)8)23(26)22-19(4)13-17(2)14-20(22)5/h13-14,18,21H,9-12,15-16H2,1-8H3. The van der Waals surface area contributed by atoms with Crippen molar-refractivity contribution in [3.63, 3.8) is 0 Å². The zero-order valence-corrected chi connectivity index (χ0v) is 19.3. The number of ether oxygens (including phenoxy) is 1. The van der Waals surface area contributed by atoms with Crippen LogP contribution in [0.3, 0.4) is 0 Å². The lowest BCUT2D eigenvalue weighted by Crippen LogP contribution is -2.30. The van der Waals surface area contributed by atoms with Gasteiger partial charge in [0.15, 0.2) is 5.78 Å². The van der Waals surface area contributed by atoms with Crippen molar-refractivity contribution in [2.24, 2.45) is 17.3 Å². The van der Waals surface area contributed by atoms with Crippen molar-refractivity contribution in [1.82, 2.24) is 0 Å². The quantitative estimate of drug-likeness (QED) is 0.196. The lowest BCUT2D eigenvalue weighted by molar-refractivity contribution is -0.147. The average molecular weight is 389 g/mol. The van der Waals surface area contributed by atoms with E-state index in [1.165, 1.54) is 0 Å². The van der Waals surface area contributed by atoms with E-state index in [0.29, 0.717) is 18.6 Å². The number of aryl methyl sites for hydroxylation is 3. The number of hydrogen-bond acceptors (Lipinski definition) is 3. The maximum Gasteiger partial charge on any atom is 0.316 e. The molecule has 2 unspecified atom stereocenters. The predicted molar refractivity (Wildman–Crippen MR) is 117 cm³/mol. The maximum atomic E-state index is 13.4. The van der Waals surface area contributed by atoms with Crippen molar-refractivity contribution in [1.29, 1.82) is 0 Å². The Balaban J connectivity index is 3.08. The fourth-order valence-electron chi connectivity index (χ4n) is 4.21. The molecule has 0 bridgehead atoms. The molecule has 28 heavy (non-hydrogen) atoms. The second kappa shape index (κ2) is 10.8. The molecule has 0 aliphatic rings. The normalized spacial score (nSPS) is 13.9. The number of benzene rings is 1. The Labute approximate surface area is 172 Å². The first-order chi connectivity index (χ1) is 13.0. The van der Waals surface area contributed by atoms with Crippen LogP contribution in [0.25, 0.3) is 0 Å². The Hall–Kier alpha value is -1.64. The Morgan fingerprint density at radius 2 is 1.61 bits per heavy atom. The summed E-state index contributed by atoms with van der Waals surface area (Å²) >= 11 is 0. The number of esters is 1. The van der Waals surface area contributed by atoms with E-state index in [9.17, 15) is 9.59 Å². The molecule has 0 aliphatic carbocycles. The number of carbonyl (C=O) groups excluding carboxylic acids is 2. The van der Waals surface area contributed by atoms with Gasteiger partial charge in [0, 0.05) is 5.56 Å². The monoisotopic (exact) mass is 388 g/mol. The summed E-state index contributed by atoms with van der Waals surface area (Å²) in [5.74, 6) is -0.903. The zero-order chi connectivity index (χ0) is 21.5. The van der Waals surface area contributed by atoms with Gasteiger partial charge in [0.05, 0.1) is 6.61 Å². The van der Waals surface area contributed by atoms with Gasteiger partial charge < -0.3 is 4.74 Å². The molecule has 2 atom stereocenters. The first-order valence-corrected chi connectivity index (χ1v) is 10.7. The van der Waals surface area contributed by atoms with Crippen LogP contribution in [0, 0.1) is 38.0 Å². The van der Waals surface area contributed by atoms with E-state index in [4.69, 9.17) is 4.74 Å². The van der Waals surface area contributed by atoms with E-state index < -0.39 is 5.92 Å². The molecule has 0 aromatic heterocycles. The summed E-state index contributed by atoms with van der Waals surface area (Å²) in [6.07, 6.45) is 4.46. The SMILES string of the molecule is CCCCCOC(=O)C(CC(C)CC(C)(C)C)C(=O)c1c(C)cc(C)cc1C. The second-order valence-electron chi connectivity index (χ2n) is 9.67. The van der Waals surface area contributed by atoms with Gasteiger partial charge in [-0.05, 0) is 62.5 Å². The van der Waals surface area contributed by atoms with E-state index in [1.54, 1.807) is 0 Å². The Morgan fingerprint density at radius 1 is 1.04 bits per heavy atom. The van der Waals surface area contributed by atoms with Gasteiger partial charge in [-0.2, -0.15) is 0 Å². The van der Waals surface area contributed by atoms with Crippen LogP contribution in [0.15, 0.2) is 12.1 Å². The number of hydrogen-bond donors (Lipinski definition) is 0. The minimum atomic E-state index is -0.723. The van der Waals surface area contributed by atoms with Gasteiger partial charge in [0.2, 0.25) is 0 Å². The van der Waals surface area contributed by atoms with Gasteiger partial charge in [0.25, 0.3) is 0 Å². The highest BCUT2D eigenvalue weighted by Gasteiger charge is 2.33. The van der Waals surface area contributed by atoms with Crippen molar-refractivity contribution in [2.75, 3.05) is 6.61 Å². The van der Waals surface area contributed by atoms with Gasteiger partial charge in [-0.25, -0.2) is 0 Å². The third-order valence-corrected chi connectivity index (χ3v) is 5.12. The van der Waals surface area contributed by atoms with Crippen LogP contribution in [0.4, 0.5) is 0 Å². The molecule has 158 valence electrons. The van der Waals surface area contributed by atoms with Crippen molar-refractivity contribution in [3.8, 4) is 0 Å². The number of ketones is 1. The first-order valence-electron chi connectivity index (χ1n) is 10.7. The van der Waals surface area contributed by atoms with Crippen molar-refractivity contribution in [3.05, 3.63) is 34.4 Å². The minimum Gasteiger partial charge on any atom is -0.465 e. The van der Waals surface area contributed by atoms with Gasteiger partial charge in [-0.1, -0.05) is 65.2 Å². The van der Waals surface area contributed by atoms with Crippen LogP contribution < -0.4 is 0 Å². The second-order valence-corrected chi connectivity index (χ2v) is 9.67. The van der Waals surface area contributed by atoms with Crippen LogP contribution in [0.2, 0.25) is 0 Å². The smallest absolute Gasteiger partial charge is 0.316 e. The fourth-order valence-corrected chi connectivity index (χ4v) is 4.21. The average Bonchev–Trinajstić information content (AvgIpc) is 2.53. The predicted octanol–water partition coefficient (Wildman–Crippen LogP) is 6.61. The molecule has 1 aromatic carbocycles. The van der Waals surface area contributed by atoms with Crippen molar-refractivity contribution in [2.45, 2.75) is 87.5 Å². The Bertz CT molecular complexity index is 644. The van der Waals surface area contributed by atoms with Gasteiger partial charge in [-0.3, -0.25) is 9.59 Å². The molecule has 0 radical (unpaired) electrons. The highest BCUT2D eigenvalue weighted by Crippen LogP contribution is 2.31. The van der Waals surface area contributed by atoms with Crippen LogP contribution >= 0.6 is 0 Å². The molecule has 1 rings (SSSR count). The summed E-state index contributed by atoms with van der Waals surface area (Å²) in [6, 6.07) is 4.03. The van der Waals surface area contributed by atoms with E-state index in [0.717, 1.165) is 42.4 Å². The summed E-state index contributed by atoms with van der Waals surface area (Å²) in [6.45, 7) is 17.2. The minimum absolute atomic E-state index is 0.0868. The van der Waals surface area contributed by atoms with E-state index in [-0.39, 0.29) is 23.1 Å². The highest BCUT2D eigenvalue weighted by molar-refractivity contribution is 6.10. The summed E-state index contributed by atoms with van der Waals surface area (Å²) in [4.78, 5) is 26.3. The molecule has 0 N–H and O–H groups in total. The summed E-state index contributed by atoms with van der Waals surface area (Å²) in [7, 11) is 0.